The number of benzene rings is 1. The van der Waals surface area contributed by atoms with E-state index in [1.807, 2.05) is 37.9 Å². The molecule has 0 radical (unpaired) electrons. The molecule has 116 valence electrons. The molecule has 0 saturated carbocycles. The quantitative estimate of drug-likeness (QED) is 0.867. The van der Waals surface area contributed by atoms with E-state index >= 15 is 0 Å². The van der Waals surface area contributed by atoms with Crippen LogP contribution in [0.4, 0.5) is 4.79 Å². The molecule has 1 unspecified atom stereocenters. The second kappa shape index (κ2) is 6.91. The van der Waals surface area contributed by atoms with Crippen molar-refractivity contribution < 1.29 is 14.6 Å². The fourth-order valence-corrected chi connectivity index (χ4v) is 2.61. The van der Waals surface area contributed by atoms with Gasteiger partial charge < -0.3 is 19.6 Å². The lowest BCUT2D eigenvalue weighted by atomic mass is 10.0. The number of cyclic esters (lactones) is 1. The van der Waals surface area contributed by atoms with E-state index in [0.717, 1.165) is 23.2 Å². The van der Waals surface area contributed by atoms with E-state index in [-0.39, 0.29) is 6.09 Å². The molecule has 21 heavy (non-hydrogen) atoms. The van der Waals surface area contributed by atoms with Crippen LogP contribution in [0.2, 0.25) is 0 Å². The van der Waals surface area contributed by atoms with Crippen LogP contribution < -0.4 is 0 Å². The largest absolute Gasteiger partial charge is 0.448 e. The topological polar surface area (TPSA) is 53.0 Å². The molecule has 0 aromatic heterocycles. The number of hydrogen-bond acceptors (Lipinski definition) is 4. The summed E-state index contributed by atoms with van der Waals surface area (Å²) in [6.45, 7) is 7.11. The third-order valence-corrected chi connectivity index (χ3v) is 3.71. The Labute approximate surface area is 126 Å². The van der Waals surface area contributed by atoms with Crippen molar-refractivity contribution in [1.82, 2.24) is 9.80 Å². The van der Waals surface area contributed by atoms with Crippen molar-refractivity contribution in [2.75, 3.05) is 39.8 Å². The van der Waals surface area contributed by atoms with Crippen LogP contribution in [0, 0.1) is 13.8 Å². The molecule has 1 aliphatic heterocycles. The third kappa shape index (κ3) is 4.44. The Balaban J connectivity index is 1.83. The van der Waals surface area contributed by atoms with Crippen LogP contribution in [0.3, 0.4) is 0 Å². The molecule has 1 atom stereocenters. The van der Waals surface area contributed by atoms with E-state index in [4.69, 9.17) is 4.74 Å². The summed E-state index contributed by atoms with van der Waals surface area (Å²) in [6.07, 6.45) is -0.752. The predicted octanol–water partition coefficient (Wildman–Crippen LogP) is 1.72. The third-order valence-electron chi connectivity index (χ3n) is 3.71. The highest BCUT2D eigenvalue weighted by molar-refractivity contribution is 5.69. The van der Waals surface area contributed by atoms with Gasteiger partial charge in [-0.3, -0.25) is 0 Å². The summed E-state index contributed by atoms with van der Waals surface area (Å²) in [6, 6.07) is 6.13. The van der Waals surface area contributed by atoms with Crippen LogP contribution >= 0.6 is 0 Å². The lowest BCUT2D eigenvalue weighted by Crippen LogP contribution is -2.35. The van der Waals surface area contributed by atoms with Crippen LogP contribution in [0.15, 0.2) is 18.2 Å². The molecular weight excluding hydrogens is 268 g/mol. The molecular formula is C16H24N2O3. The number of nitrogens with zero attached hydrogens (tertiary/aromatic N) is 2. The Kier molecular flexibility index (Phi) is 5.20. The van der Waals surface area contributed by atoms with Gasteiger partial charge in [-0.1, -0.05) is 29.3 Å². The van der Waals surface area contributed by atoms with Gasteiger partial charge in [0.15, 0.2) is 0 Å². The monoisotopic (exact) mass is 292 g/mol. The Morgan fingerprint density at radius 1 is 1.33 bits per heavy atom. The number of ether oxygens (including phenoxy) is 1. The second-order valence-electron chi connectivity index (χ2n) is 5.80. The minimum atomic E-state index is -0.515. The summed E-state index contributed by atoms with van der Waals surface area (Å²) >= 11 is 0. The van der Waals surface area contributed by atoms with Gasteiger partial charge >= 0.3 is 6.09 Å². The molecule has 5 nitrogen and oxygen atoms in total. The summed E-state index contributed by atoms with van der Waals surface area (Å²) in [4.78, 5) is 15.1. The number of amides is 1. The van der Waals surface area contributed by atoms with E-state index < -0.39 is 6.10 Å². The number of aliphatic hydroxyl groups excluding tert-OH is 1. The van der Waals surface area contributed by atoms with Crippen molar-refractivity contribution in [1.29, 1.82) is 0 Å². The molecule has 1 amide bonds. The number of rotatable bonds is 6. The van der Waals surface area contributed by atoms with Gasteiger partial charge in [0.1, 0.15) is 6.61 Å². The van der Waals surface area contributed by atoms with Gasteiger partial charge in [-0.05, 0) is 26.5 Å². The first-order valence-corrected chi connectivity index (χ1v) is 7.32. The van der Waals surface area contributed by atoms with Gasteiger partial charge in [0, 0.05) is 19.6 Å². The molecule has 5 heteroatoms. The number of aryl methyl sites for hydroxylation is 2. The maximum absolute atomic E-state index is 11.3. The summed E-state index contributed by atoms with van der Waals surface area (Å²) < 4.78 is 4.89. The molecule has 1 heterocycles. The SMILES string of the molecule is Cc1cc(C)cc(C(O)CN(C)CCN2CCOC2=O)c1. The minimum Gasteiger partial charge on any atom is -0.448 e. The Bertz CT molecular complexity index is 484. The molecule has 1 fully saturated rings. The van der Waals surface area contributed by atoms with Crippen LogP contribution in [-0.2, 0) is 4.74 Å². The van der Waals surface area contributed by atoms with Gasteiger partial charge in [-0.2, -0.15) is 0 Å². The number of aliphatic hydroxyl groups is 1. The van der Waals surface area contributed by atoms with Gasteiger partial charge in [0.25, 0.3) is 0 Å². The van der Waals surface area contributed by atoms with E-state index in [2.05, 4.69) is 6.07 Å². The molecule has 1 aromatic carbocycles. The standard InChI is InChI=1S/C16H24N2O3/c1-12-8-13(2)10-14(9-12)15(19)11-17(3)4-5-18-6-7-21-16(18)20/h8-10,15,19H,4-7,11H2,1-3H3. The maximum atomic E-state index is 11.3. The lowest BCUT2D eigenvalue weighted by Gasteiger charge is -2.23. The minimum absolute atomic E-state index is 0.238. The van der Waals surface area contributed by atoms with Gasteiger partial charge in [-0.25, -0.2) is 4.79 Å². The maximum Gasteiger partial charge on any atom is 0.409 e. The number of carbonyl (C=O) groups excluding carboxylic acids is 1. The smallest absolute Gasteiger partial charge is 0.409 e. The van der Waals surface area contributed by atoms with E-state index in [0.29, 0.717) is 26.2 Å². The highest BCUT2D eigenvalue weighted by atomic mass is 16.6. The molecule has 1 aromatic rings. The van der Waals surface area contributed by atoms with Crippen LogP contribution in [-0.4, -0.2) is 60.8 Å². The average molecular weight is 292 g/mol. The zero-order valence-electron chi connectivity index (χ0n) is 13.0. The van der Waals surface area contributed by atoms with E-state index in [1.165, 1.54) is 0 Å². The van der Waals surface area contributed by atoms with Crippen molar-refractivity contribution in [2.45, 2.75) is 20.0 Å². The zero-order valence-corrected chi connectivity index (χ0v) is 13.0. The number of hydrogen-bond donors (Lipinski definition) is 1. The molecule has 0 spiro atoms. The van der Waals surface area contributed by atoms with Crippen molar-refractivity contribution in [3.63, 3.8) is 0 Å². The summed E-state index contributed by atoms with van der Waals surface area (Å²) in [5, 5.41) is 10.3. The van der Waals surface area contributed by atoms with E-state index in [9.17, 15) is 9.90 Å². The zero-order chi connectivity index (χ0) is 15.4. The van der Waals surface area contributed by atoms with Crippen LogP contribution in [0.1, 0.15) is 22.8 Å². The average Bonchev–Trinajstić information content (AvgIpc) is 2.80. The fraction of sp³-hybridized carbons (Fsp3) is 0.562. The Morgan fingerprint density at radius 2 is 2.00 bits per heavy atom. The lowest BCUT2D eigenvalue weighted by molar-refractivity contribution is 0.120. The first-order chi connectivity index (χ1) is 9.95. The van der Waals surface area contributed by atoms with Gasteiger partial charge in [0.2, 0.25) is 0 Å². The Hall–Kier alpha value is -1.59. The van der Waals surface area contributed by atoms with Crippen LogP contribution in [0.5, 0.6) is 0 Å². The summed E-state index contributed by atoms with van der Waals surface area (Å²) in [5.41, 5.74) is 3.26. The van der Waals surface area contributed by atoms with E-state index in [1.54, 1.807) is 4.90 Å². The predicted molar refractivity (Wildman–Crippen MR) is 81.3 cm³/mol. The molecule has 2 rings (SSSR count). The van der Waals surface area contributed by atoms with Gasteiger partial charge in [-0.15, -0.1) is 0 Å². The molecule has 1 N–H and O–H groups in total. The molecule has 0 aliphatic carbocycles. The molecule has 1 saturated heterocycles. The highest BCUT2D eigenvalue weighted by Gasteiger charge is 2.22. The van der Waals surface area contributed by atoms with Crippen molar-refractivity contribution >= 4 is 6.09 Å². The summed E-state index contributed by atoms with van der Waals surface area (Å²) in [5.74, 6) is 0. The van der Waals surface area contributed by atoms with Crippen molar-refractivity contribution in [2.24, 2.45) is 0 Å². The molecule has 0 bridgehead atoms. The summed E-state index contributed by atoms with van der Waals surface area (Å²) in [7, 11) is 1.95. The molecule has 1 aliphatic rings. The first-order valence-electron chi connectivity index (χ1n) is 7.32. The van der Waals surface area contributed by atoms with Gasteiger partial charge in [0.05, 0.1) is 12.6 Å². The van der Waals surface area contributed by atoms with Crippen molar-refractivity contribution in [3.8, 4) is 0 Å². The first kappa shape index (κ1) is 15.8. The number of carbonyl (C=O) groups is 1. The highest BCUT2D eigenvalue weighted by Crippen LogP contribution is 2.17. The second-order valence-corrected chi connectivity index (χ2v) is 5.80. The fourth-order valence-electron chi connectivity index (χ4n) is 2.61. The number of likely N-dealkylation sites (N-methyl/N-ethyl adjacent to an activating group) is 1. The van der Waals surface area contributed by atoms with Crippen LogP contribution in [0.25, 0.3) is 0 Å². The Morgan fingerprint density at radius 3 is 2.57 bits per heavy atom. The normalized spacial score (nSPS) is 16.4. The van der Waals surface area contributed by atoms with Crippen molar-refractivity contribution in [3.05, 3.63) is 34.9 Å².